The first-order valence-electron chi connectivity index (χ1n) is 28.7. The standard InChI is InChI=1S/C33H46BN3O5.C23H32BN3O5.C4H11BO2/c1-21-11-13-22(14-12-21)16-28(34-41-27-18-23-17-26(32(23,5)6)33(27,7)42-34)36-30(39)40-20-24-10-9-15-37(24)29(38)25(35-8)19-31(2,3)4;1-16-8-10-17(11-9-16)13-20(24(30)31)26-22(29)32-15-18-7-6-12-27(18)21(28)19(25-5)14-23(2,3)4;1-4(2)3-5(6)7/h11-14,19,23-24,26-28H,9-10,15-18,20H2,1-7H3,(H,36,39);8-11,14,18,20,30-31H,6-7,12-13,15H2,1-4H3,(H,26,29);4,6-7H,3H2,1-2H3/t23-,24+,26-,27+,28-,33-;18-,20+;/m01./s1. The van der Waals surface area contributed by atoms with E-state index in [2.05, 4.69) is 72.3 Å². The summed E-state index contributed by atoms with van der Waals surface area (Å²) in [4.78, 5) is 61.7. The average molecular weight is 1120 g/mol. The van der Waals surface area contributed by atoms with Gasteiger partial charge < -0.3 is 59.3 Å². The number of hydrogen-bond acceptors (Lipinski definition) is 12. The van der Waals surface area contributed by atoms with E-state index < -0.39 is 45.4 Å². The Hall–Kier alpha value is -5.67. The van der Waals surface area contributed by atoms with Crippen molar-refractivity contribution in [3.8, 4) is 0 Å². The van der Waals surface area contributed by atoms with Crippen LogP contribution in [0.2, 0.25) is 6.32 Å². The molecule has 3 aliphatic heterocycles. The molecule has 21 heteroatoms. The highest BCUT2D eigenvalue weighted by Gasteiger charge is 2.68. The van der Waals surface area contributed by atoms with E-state index in [0.717, 1.165) is 48.8 Å². The number of carbonyl (C=O) groups excluding carboxylic acids is 4. The predicted molar refractivity (Wildman–Crippen MR) is 314 cm³/mol. The molecule has 3 saturated heterocycles. The van der Waals surface area contributed by atoms with Gasteiger partial charge in [-0.05, 0) is 124 Å². The second kappa shape index (κ2) is 28.5. The summed E-state index contributed by atoms with van der Waals surface area (Å²) in [6.07, 6.45) is 8.36. The van der Waals surface area contributed by atoms with Crippen LogP contribution in [0.3, 0.4) is 0 Å². The van der Waals surface area contributed by atoms with E-state index in [-0.39, 0.29) is 82.9 Å². The zero-order valence-electron chi connectivity index (χ0n) is 50.2. The quantitative estimate of drug-likeness (QED) is 0.0530. The van der Waals surface area contributed by atoms with Crippen molar-refractivity contribution in [2.24, 2.45) is 34.0 Å². The minimum absolute atomic E-state index is 0.00784. The van der Waals surface area contributed by atoms with Gasteiger partial charge in [-0.1, -0.05) is 141 Å². The number of allylic oxidation sites excluding steroid dienone is 2. The Morgan fingerprint density at radius 1 is 0.753 bits per heavy atom. The summed E-state index contributed by atoms with van der Waals surface area (Å²) < 4.78 is 24.3. The molecule has 6 fully saturated rings. The van der Waals surface area contributed by atoms with Crippen LogP contribution in [0.15, 0.2) is 72.1 Å². The monoisotopic (exact) mass is 1120 g/mol. The number of amides is 4. The summed E-state index contributed by atoms with van der Waals surface area (Å²) >= 11 is 0. The number of aryl methyl sites for hydroxylation is 2. The van der Waals surface area contributed by atoms with Crippen molar-refractivity contribution in [2.45, 2.75) is 183 Å². The Morgan fingerprint density at radius 3 is 1.60 bits per heavy atom. The van der Waals surface area contributed by atoms with Gasteiger partial charge in [-0.15, -0.1) is 0 Å². The zero-order valence-corrected chi connectivity index (χ0v) is 50.2. The second-order valence-corrected chi connectivity index (χ2v) is 26.0. The number of ether oxygens (including phenoxy) is 2. The van der Waals surface area contributed by atoms with E-state index >= 15 is 0 Å². The Morgan fingerprint density at radius 2 is 1.21 bits per heavy atom. The number of rotatable bonds is 16. The van der Waals surface area contributed by atoms with E-state index in [0.29, 0.717) is 50.0 Å². The summed E-state index contributed by atoms with van der Waals surface area (Å²) in [6, 6.07) is 15.2. The van der Waals surface area contributed by atoms with Gasteiger partial charge in [-0.3, -0.25) is 9.59 Å². The number of likely N-dealkylation sites (tertiary alicyclic amines) is 2. The van der Waals surface area contributed by atoms with Crippen molar-refractivity contribution in [2.75, 3.05) is 26.3 Å². The molecule has 8 rings (SSSR count). The second-order valence-electron chi connectivity index (χ2n) is 26.0. The number of hydrogen-bond donors (Lipinski definition) is 6. The largest absolute Gasteiger partial charge is 0.482 e. The normalized spacial score (nSPS) is 23.7. The minimum atomic E-state index is -1.75. The van der Waals surface area contributed by atoms with Crippen LogP contribution in [0.1, 0.15) is 137 Å². The molecule has 81 heavy (non-hydrogen) atoms. The molecule has 3 heterocycles. The van der Waals surface area contributed by atoms with E-state index in [4.69, 9.17) is 42.0 Å². The third kappa shape index (κ3) is 18.9. The number of carbonyl (C=O) groups is 4. The summed E-state index contributed by atoms with van der Waals surface area (Å²) in [5, 5.41) is 41.4. The molecule has 6 aliphatic rings. The van der Waals surface area contributed by atoms with E-state index in [1.807, 2.05) is 86.6 Å². The van der Waals surface area contributed by atoms with Crippen molar-refractivity contribution in [1.29, 1.82) is 0 Å². The average Bonchev–Trinajstić information content (AvgIpc) is 4.14. The summed E-state index contributed by atoms with van der Waals surface area (Å²) in [5.41, 5.74) is 3.60. The van der Waals surface area contributed by atoms with E-state index in [9.17, 15) is 29.2 Å². The smallest absolute Gasteiger partial charge is 0.447 e. The van der Waals surface area contributed by atoms with Crippen LogP contribution in [0.25, 0.3) is 9.69 Å². The molecule has 0 spiro atoms. The lowest BCUT2D eigenvalue weighted by molar-refractivity contribution is -0.199. The van der Waals surface area contributed by atoms with Crippen molar-refractivity contribution in [3.05, 3.63) is 117 Å². The zero-order chi connectivity index (χ0) is 60.2. The molecule has 440 valence electrons. The van der Waals surface area contributed by atoms with Crippen molar-refractivity contribution in [3.63, 3.8) is 0 Å². The van der Waals surface area contributed by atoms with Gasteiger partial charge in [0.05, 0.1) is 48.8 Å². The molecule has 4 amide bonds. The molecule has 18 nitrogen and oxygen atoms in total. The fourth-order valence-electron chi connectivity index (χ4n) is 11.6. The van der Waals surface area contributed by atoms with Crippen LogP contribution in [-0.4, -0.2) is 137 Å². The summed E-state index contributed by atoms with van der Waals surface area (Å²) in [6.45, 7) is 42.4. The number of nitrogens with one attached hydrogen (secondary N) is 2. The molecular formula is C60H89B3N6O12. The fourth-order valence-corrected chi connectivity index (χ4v) is 11.6. The van der Waals surface area contributed by atoms with Gasteiger partial charge in [0.1, 0.15) is 13.2 Å². The minimum Gasteiger partial charge on any atom is -0.447 e. The number of alkyl carbamates (subject to hydrolysis) is 2. The highest BCUT2D eigenvalue weighted by Crippen LogP contribution is 2.65. The molecule has 0 aromatic heterocycles. The van der Waals surface area contributed by atoms with Crippen LogP contribution < -0.4 is 10.6 Å². The lowest BCUT2D eigenvalue weighted by Gasteiger charge is -2.64. The lowest BCUT2D eigenvalue weighted by atomic mass is 9.43. The molecular weight excluding hydrogens is 1030 g/mol. The van der Waals surface area contributed by atoms with E-state index in [1.165, 1.54) is 5.56 Å². The maximum Gasteiger partial charge on any atom is 0.482 e. The molecule has 2 bridgehead atoms. The van der Waals surface area contributed by atoms with Crippen LogP contribution >= 0.6 is 0 Å². The first kappa shape index (κ1) is 66.1. The van der Waals surface area contributed by atoms with Crippen LogP contribution in [0, 0.1) is 61.0 Å². The predicted octanol–water partition coefficient (Wildman–Crippen LogP) is 8.34. The Labute approximate surface area is 482 Å². The Balaban J connectivity index is 0.000000274. The third-order valence-electron chi connectivity index (χ3n) is 16.0. The molecule has 2 aromatic rings. The van der Waals surface area contributed by atoms with Crippen LogP contribution in [-0.2, 0) is 41.2 Å². The lowest BCUT2D eigenvalue weighted by Crippen LogP contribution is -2.65. The first-order valence-corrected chi connectivity index (χ1v) is 28.7. The molecule has 3 aliphatic carbocycles. The molecule has 3 saturated carbocycles. The topological polar surface area (TPSA) is 225 Å². The first-order chi connectivity index (χ1) is 37.8. The van der Waals surface area contributed by atoms with Crippen molar-refractivity contribution >= 4 is 45.4 Å². The highest BCUT2D eigenvalue weighted by molar-refractivity contribution is 6.48. The summed E-state index contributed by atoms with van der Waals surface area (Å²) in [7, 11) is -3.46. The van der Waals surface area contributed by atoms with Crippen LogP contribution in [0.5, 0.6) is 0 Å². The van der Waals surface area contributed by atoms with E-state index in [1.54, 1.807) is 22.0 Å². The maximum atomic E-state index is 13.2. The van der Waals surface area contributed by atoms with Gasteiger partial charge in [-0.2, -0.15) is 0 Å². The van der Waals surface area contributed by atoms with Gasteiger partial charge in [0.25, 0.3) is 11.8 Å². The number of nitrogens with zero attached hydrogens (tertiary/aromatic N) is 4. The molecule has 6 N–H and O–H groups in total. The van der Waals surface area contributed by atoms with Gasteiger partial charge in [-0.25, -0.2) is 19.3 Å². The molecule has 8 atom stereocenters. The van der Waals surface area contributed by atoms with Crippen molar-refractivity contribution in [1.82, 2.24) is 20.4 Å². The van der Waals surface area contributed by atoms with Crippen LogP contribution in [0.4, 0.5) is 9.59 Å². The maximum absolute atomic E-state index is 13.2. The van der Waals surface area contributed by atoms with Gasteiger partial charge in [0.2, 0.25) is 11.4 Å². The van der Waals surface area contributed by atoms with Gasteiger partial charge in [0, 0.05) is 13.1 Å². The SMILES string of the molecule is CC(C)CB(O)O.[C-]#[N+]C(=CC(C)(C)C)C(=O)N1CCC[C@@H]1COC(=O)N[C@@H](Cc1ccc(C)cc1)B(O)O.[C-]#[N+]C(=CC(C)(C)C)C(=O)N1CCC[C@@H]1COC(=O)N[C@@H](Cc1ccc(C)cc1)B1O[C@@H]2C[C@@H]3C[C@@H](C3(C)C)[C@]2(C)O1. The molecule has 0 unspecified atom stereocenters. The number of benzene rings is 2. The van der Waals surface area contributed by atoms with Gasteiger partial charge in [0.15, 0.2) is 0 Å². The summed E-state index contributed by atoms with van der Waals surface area (Å²) in [5.74, 6) is -0.597. The van der Waals surface area contributed by atoms with Crippen molar-refractivity contribution < 1.29 is 58.1 Å². The Bertz CT molecular complexity index is 2600. The third-order valence-corrected chi connectivity index (χ3v) is 16.0. The van der Waals surface area contributed by atoms with Gasteiger partial charge >= 0.3 is 33.5 Å². The molecule has 2 aromatic carbocycles. The Kier molecular flexibility index (Phi) is 23.3. The molecule has 0 radical (unpaired) electrons. The highest BCUT2D eigenvalue weighted by atomic mass is 16.7. The fraction of sp³-hybridized carbons (Fsp3) is 0.633.